The van der Waals surface area contributed by atoms with Crippen molar-refractivity contribution in [2.24, 2.45) is 11.3 Å². The van der Waals surface area contributed by atoms with Gasteiger partial charge in [0.2, 0.25) is 0 Å². The zero-order valence-corrected chi connectivity index (χ0v) is 10.7. The van der Waals surface area contributed by atoms with Gasteiger partial charge in [-0.3, -0.25) is 0 Å². The third-order valence-corrected chi connectivity index (χ3v) is 4.37. The second-order valence-corrected chi connectivity index (χ2v) is 6.21. The number of hydrogen-bond donors (Lipinski definition) is 1. The predicted octanol–water partition coefficient (Wildman–Crippen LogP) is 2.66. The van der Waals surface area contributed by atoms with Crippen LogP contribution in [0.5, 0.6) is 0 Å². The summed E-state index contributed by atoms with van der Waals surface area (Å²) in [5.74, 6) is 0.964. The maximum atomic E-state index is 9.74. The lowest BCUT2D eigenvalue weighted by atomic mass is 9.80. The molecule has 2 saturated carbocycles. The van der Waals surface area contributed by atoms with Gasteiger partial charge in [-0.2, -0.15) is 0 Å². The summed E-state index contributed by atoms with van der Waals surface area (Å²) >= 11 is 0. The first-order chi connectivity index (χ1) is 7.74. The summed E-state index contributed by atoms with van der Waals surface area (Å²) in [5.41, 5.74) is 0.222. The number of rotatable bonds is 5. The molecule has 0 atom stereocenters. The standard InChI is InChI=1S/C14H27NO/c1-15(10-13-6-7-13)11-14(12-16)8-4-2-3-5-9-14/h13,16H,2-12H2,1H3. The van der Waals surface area contributed by atoms with E-state index in [-0.39, 0.29) is 5.41 Å². The Bertz CT molecular complexity index is 205. The van der Waals surface area contributed by atoms with Crippen LogP contribution in [0.2, 0.25) is 0 Å². The summed E-state index contributed by atoms with van der Waals surface area (Å²) < 4.78 is 0. The zero-order chi connectivity index (χ0) is 11.4. The minimum atomic E-state index is 0.222. The second kappa shape index (κ2) is 5.50. The van der Waals surface area contributed by atoms with Crippen LogP contribution in [-0.2, 0) is 0 Å². The van der Waals surface area contributed by atoms with Gasteiger partial charge >= 0.3 is 0 Å². The topological polar surface area (TPSA) is 23.5 Å². The van der Waals surface area contributed by atoms with Crippen LogP contribution in [0.1, 0.15) is 51.4 Å². The summed E-state index contributed by atoms with van der Waals surface area (Å²) in [6.45, 7) is 2.75. The fourth-order valence-corrected chi connectivity index (χ4v) is 3.22. The molecule has 1 N–H and O–H groups in total. The molecule has 0 amide bonds. The normalized spacial score (nSPS) is 25.7. The van der Waals surface area contributed by atoms with Crippen LogP contribution in [0.25, 0.3) is 0 Å². The molecule has 0 aromatic rings. The second-order valence-electron chi connectivity index (χ2n) is 6.21. The zero-order valence-electron chi connectivity index (χ0n) is 10.7. The van der Waals surface area contributed by atoms with Gasteiger partial charge in [0.15, 0.2) is 0 Å². The average Bonchev–Trinajstić information content (AvgIpc) is 3.06. The fourth-order valence-electron chi connectivity index (χ4n) is 3.22. The monoisotopic (exact) mass is 225 g/mol. The Morgan fingerprint density at radius 2 is 1.75 bits per heavy atom. The maximum Gasteiger partial charge on any atom is 0.0499 e. The molecule has 0 saturated heterocycles. The maximum absolute atomic E-state index is 9.74. The third kappa shape index (κ3) is 3.46. The van der Waals surface area contributed by atoms with Gasteiger partial charge in [0.1, 0.15) is 0 Å². The Kier molecular flexibility index (Phi) is 4.26. The minimum absolute atomic E-state index is 0.222. The van der Waals surface area contributed by atoms with E-state index in [0.29, 0.717) is 6.61 Å². The molecule has 0 bridgehead atoms. The van der Waals surface area contributed by atoms with Crippen LogP contribution in [-0.4, -0.2) is 36.8 Å². The molecule has 2 nitrogen and oxygen atoms in total. The fraction of sp³-hybridized carbons (Fsp3) is 1.00. The summed E-state index contributed by atoms with van der Waals surface area (Å²) in [5, 5.41) is 9.74. The molecule has 2 heteroatoms. The molecule has 16 heavy (non-hydrogen) atoms. The smallest absolute Gasteiger partial charge is 0.0499 e. The highest BCUT2D eigenvalue weighted by Crippen LogP contribution is 2.36. The highest BCUT2D eigenvalue weighted by Gasteiger charge is 2.33. The Labute approximate surface area is 100 Å². The van der Waals surface area contributed by atoms with Crippen molar-refractivity contribution in [1.29, 1.82) is 0 Å². The molecular weight excluding hydrogens is 198 g/mol. The first-order valence-corrected chi connectivity index (χ1v) is 7.03. The van der Waals surface area contributed by atoms with E-state index in [1.807, 2.05) is 0 Å². The van der Waals surface area contributed by atoms with Crippen LogP contribution in [0, 0.1) is 11.3 Å². The van der Waals surface area contributed by atoms with Crippen LogP contribution in [0.15, 0.2) is 0 Å². The summed E-state index contributed by atoms with van der Waals surface area (Å²) in [7, 11) is 2.24. The Balaban J connectivity index is 1.85. The van der Waals surface area contributed by atoms with Crippen molar-refractivity contribution in [3.05, 3.63) is 0 Å². The van der Waals surface area contributed by atoms with Crippen molar-refractivity contribution in [3.8, 4) is 0 Å². The van der Waals surface area contributed by atoms with Crippen molar-refractivity contribution in [1.82, 2.24) is 4.90 Å². The van der Waals surface area contributed by atoms with Gasteiger partial charge in [-0.25, -0.2) is 0 Å². The van der Waals surface area contributed by atoms with E-state index in [2.05, 4.69) is 11.9 Å². The molecular formula is C14H27NO. The van der Waals surface area contributed by atoms with Crippen LogP contribution in [0.4, 0.5) is 0 Å². The first kappa shape index (κ1) is 12.4. The van der Waals surface area contributed by atoms with Gasteiger partial charge in [-0.15, -0.1) is 0 Å². The first-order valence-electron chi connectivity index (χ1n) is 7.03. The number of aliphatic hydroxyl groups is 1. The number of aliphatic hydroxyl groups excluding tert-OH is 1. The van der Waals surface area contributed by atoms with Gasteiger partial charge < -0.3 is 10.0 Å². The molecule has 0 aliphatic heterocycles. The molecule has 0 heterocycles. The van der Waals surface area contributed by atoms with Gasteiger partial charge in [0.25, 0.3) is 0 Å². The van der Waals surface area contributed by atoms with Gasteiger partial charge in [-0.1, -0.05) is 25.7 Å². The van der Waals surface area contributed by atoms with E-state index in [9.17, 15) is 5.11 Å². The third-order valence-electron chi connectivity index (χ3n) is 4.37. The molecule has 0 aromatic carbocycles. The van der Waals surface area contributed by atoms with Gasteiger partial charge in [0, 0.05) is 25.1 Å². The Morgan fingerprint density at radius 1 is 1.12 bits per heavy atom. The summed E-state index contributed by atoms with van der Waals surface area (Å²) in [6, 6.07) is 0. The van der Waals surface area contributed by atoms with Crippen LogP contribution < -0.4 is 0 Å². The highest BCUT2D eigenvalue weighted by atomic mass is 16.3. The molecule has 2 rings (SSSR count). The molecule has 94 valence electrons. The largest absolute Gasteiger partial charge is 0.396 e. The van der Waals surface area contributed by atoms with Crippen molar-refractivity contribution < 1.29 is 5.11 Å². The summed E-state index contributed by atoms with van der Waals surface area (Å²) in [4.78, 5) is 2.47. The molecule has 0 unspecified atom stereocenters. The quantitative estimate of drug-likeness (QED) is 0.727. The van der Waals surface area contributed by atoms with Gasteiger partial charge in [-0.05, 0) is 38.6 Å². The molecule has 0 spiro atoms. The average molecular weight is 225 g/mol. The lowest BCUT2D eigenvalue weighted by Crippen LogP contribution is -2.39. The van der Waals surface area contributed by atoms with E-state index in [0.717, 1.165) is 12.5 Å². The molecule has 2 fully saturated rings. The van der Waals surface area contributed by atoms with E-state index in [1.54, 1.807) is 0 Å². The Hall–Kier alpha value is -0.0800. The summed E-state index contributed by atoms with van der Waals surface area (Å²) in [6.07, 6.45) is 10.7. The van der Waals surface area contributed by atoms with E-state index in [4.69, 9.17) is 0 Å². The van der Waals surface area contributed by atoms with Crippen molar-refractivity contribution >= 4 is 0 Å². The van der Waals surface area contributed by atoms with Gasteiger partial charge in [0.05, 0.1) is 0 Å². The van der Waals surface area contributed by atoms with Crippen molar-refractivity contribution in [2.45, 2.75) is 51.4 Å². The van der Waals surface area contributed by atoms with Crippen molar-refractivity contribution in [2.75, 3.05) is 26.7 Å². The van der Waals surface area contributed by atoms with Crippen LogP contribution >= 0.6 is 0 Å². The molecule has 0 radical (unpaired) electrons. The predicted molar refractivity (Wildman–Crippen MR) is 67.4 cm³/mol. The highest BCUT2D eigenvalue weighted by molar-refractivity contribution is 4.85. The van der Waals surface area contributed by atoms with E-state index >= 15 is 0 Å². The van der Waals surface area contributed by atoms with Crippen molar-refractivity contribution in [3.63, 3.8) is 0 Å². The van der Waals surface area contributed by atoms with Crippen LogP contribution in [0.3, 0.4) is 0 Å². The SMILES string of the molecule is CN(CC1CC1)CC1(CO)CCCCCC1. The van der Waals surface area contributed by atoms with E-state index in [1.165, 1.54) is 57.9 Å². The lowest BCUT2D eigenvalue weighted by Gasteiger charge is -2.35. The van der Waals surface area contributed by atoms with E-state index < -0.39 is 0 Å². The molecule has 2 aliphatic carbocycles. The Morgan fingerprint density at radius 3 is 2.25 bits per heavy atom. The molecule has 0 aromatic heterocycles. The number of nitrogens with zero attached hydrogens (tertiary/aromatic N) is 1. The number of hydrogen-bond acceptors (Lipinski definition) is 2. The molecule has 2 aliphatic rings. The minimum Gasteiger partial charge on any atom is -0.396 e. The lowest BCUT2D eigenvalue weighted by molar-refractivity contribution is 0.0672.